The first kappa shape index (κ1) is 13.6. The third-order valence-corrected chi connectivity index (χ3v) is 2.58. The van der Waals surface area contributed by atoms with Crippen LogP contribution < -0.4 is 4.74 Å². The van der Waals surface area contributed by atoms with Gasteiger partial charge in [-0.3, -0.25) is 0 Å². The van der Waals surface area contributed by atoms with Crippen molar-refractivity contribution in [1.29, 1.82) is 5.26 Å². The van der Waals surface area contributed by atoms with Crippen LogP contribution in [0.3, 0.4) is 0 Å². The Bertz CT molecular complexity index is 645. The molecule has 100 valence electrons. The molecule has 0 saturated heterocycles. The molecule has 2 aromatic rings. The van der Waals surface area contributed by atoms with E-state index in [-0.39, 0.29) is 0 Å². The lowest BCUT2D eigenvalue weighted by Gasteiger charge is -2.06. The maximum absolute atomic E-state index is 11.4. The van der Waals surface area contributed by atoms with Gasteiger partial charge in [-0.1, -0.05) is 12.1 Å². The fourth-order valence-electron chi connectivity index (χ4n) is 1.60. The van der Waals surface area contributed by atoms with Gasteiger partial charge in [0.2, 0.25) is 5.88 Å². The van der Waals surface area contributed by atoms with Crippen molar-refractivity contribution in [3.63, 3.8) is 0 Å². The highest BCUT2D eigenvalue weighted by molar-refractivity contribution is 5.89. The van der Waals surface area contributed by atoms with Crippen LogP contribution in [0.4, 0.5) is 0 Å². The molecule has 0 aliphatic heterocycles. The standard InChI is InChI=1S/C15H12N2O3/c1-19-15(18)12-7-9-17-14(10-12)20-13-4-2-11(3-5-13)6-8-16/h2-5,7,9-10H,6H2,1H3. The molecule has 5 nitrogen and oxygen atoms in total. The molecule has 20 heavy (non-hydrogen) atoms. The Morgan fingerprint density at radius 2 is 2.05 bits per heavy atom. The Kier molecular flexibility index (Phi) is 4.30. The number of nitriles is 1. The molecule has 0 unspecified atom stereocenters. The van der Waals surface area contributed by atoms with E-state index in [1.165, 1.54) is 19.4 Å². The van der Waals surface area contributed by atoms with Crippen molar-refractivity contribution < 1.29 is 14.3 Å². The molecule has 5 heteroatoms. The number of carbonyl (C=O) groups is 1. The van der Waals surface area contributed by atoms with Crippen LogP contribution in [0.1, 0.15) is 15.9 Å². The summed E-state index contributed by atoms with van der Waals surface area (Å²) >= 11 is 0. The fourth-order valence-corrected chi connectivity index (χ4v) is 1.60. The van der Waals surface area contributed by atoms with Crippen molar-refractivity contribution in [3.05, 3.63) is 53.7 Å². The van der Waals surface area contributed by atoms with Gasteiger partial charge in [0, 0.05) is 12.3 Å². The van der Waals surface area contributed by atoms with E-state index in [1.807, 2.05) is 12.1 Å². The summed E-state index contributed by atoms with van der Waals surface area (Å²) < 4.78 is 10.2. The van der Waals surface area contributed by atoms with E-state index in [0.29, 0.717) is 23.6 Å². The zero-order chi connectivity index (χ0) is 14.4. The molecular formula is C15H12N2O3. The van der Waals surface area contributed by atoms with Gasteiger partial charge in [0.15, 0.2) is 0 Å². The van der Waals surface area contributed by atoms with Crippen LogP contribution in [-0.2, 0) is 11.2 Å². The Hall–Kier alpha value is -2.87. The van der Waals surface area contributed by atoms with Gasteiger partial charge in [-0.05, 0) is 23.8 Å². The lowest BCUT2D eigenvalue weighted by molar-refractivity contribution is 0.0600. The molecule has 0 N–H and O–H groups in total. The fraction of sp³-hybridized carbons (Fsp3) is 0.133. The first-order valence-corrected chi connectivity index (χ1v) is 5.91. The highest BCUT2D eigenvalue weighted by Gasteiger charge is 2.07. The predicted octanol–water partition coefficient (Wildman–Crippen LogP) is 2.73. The summed E-state index contributed by atoms with van der Waals surface area (Å²) in [7, 11) is 1.32. The van der Waals surface area contributed by atoms with Crippen LogP contribution in [-0.4, -0.2) is 18.1 Å². The van der Waals surface area contributed by atoms with Crippen LogP contribution in [0, 0.1) is 11.3 Å². The summed E-state index contributed by atoms with van der Waals surface area (Å²) in [6.07, 6.45) is 1.84. The highest BCUT2D eigenvalue weighted by atomic mass is 16.5. The van der Waals surface area contributed by atoms with Gasteiger partial charge >= 0.3 is 5.97 Å². The Labute approximate surface area is 116 Å². The second kappa shape index (κ2) is 6.34. The van der Waals surface area contributed by atoms with E-state index in [1.54, 1.807) is 18.2 Å². The summed E-state index contributed by atoms with van der Waals surface area (Å²) in [5, 5.41) is 8.60. The van der Waals surface area contributed by atoms with E-state index in [2.05, 4.69) is 15.8 Å². The second-order valence-corrected chi connectivity index (χ2v) is 3.96. The van der Waals surface area contributed by atoms with Gasteiger partial charge < -0.3 is 9.47 Å². The van der Waals surface area contributed by atoms with Gasteiger partial charge in [0.05, 0.1) is 25.2 Å². The smallest absolute Gasteiger partial charge is 0.338 e. The monoisotopic (exact) mass is 268 g/mol. The SMILES string of the molecule is COC(=O)c1ccnc(Oc2ccc(CC#N)cc2)c1. The highest BCUT2D eigenvalue weighted by Crippen LogP contribution is 2.20. The molecule has 0 saturated carbocycles. The number of pyridine rings is 1. The number of esters is 1. The van der Waals surface area contributed by atoms with Crippen molar-refractivity contribution in [2.75, 3.05) is 7.11 Å². The molecule has 0 aliphatic rings. The number of ether oxygens (including phenoxy) is 2. The number of nitrogens with zero attached hydrogens (tertiary/aromatic N) is 2. The van der Waals surface area contributed by atoms with Crippen LogP contribution >= 0.6 is 0 Å². The maximum Gasteiger partial charge on any atom is 0.338 e. The summed E-state index contributed by atoms with van der Waals surface area (Å²) in [5.74, 6) is 0.448. The number of rotatable bonds is 4. The van der Waals surface area contributed by atoms with Gasteiger partial charge in [0.1, 0.15) is 5.75 Å². The van der Waals surface area contributed by atoms with E-state index < -0.39 is 5.97 Å². The molecule has 0 amide bonds. The quantitative estimate of drug-likeness (QED) is 0.797. The molecular weight excluding hydrogens is 256 g/mol. The second-order valence-electron chi connectivity index (χ2n) is 3.96. The van der Waals surface area contributed by atoms with Gasteiger partial charge in [-0.15, -0.1) is 0 Å². The summed E-state index contributed by atoms with van der Waals surface area (Å²) in [4.78, 5) is 15.4. The van der Waals surface area contributed by atoms with E-state index in [4.69, 9.17) is 10.00 Å². The summed E-state index contributed by atoms with van der Waals surface area (Å²) in [6, 6.07) is 12.2. The van der Waals surface area contributed by atoms with E-state index >= 15 is 0 Å². The van der Waals surface area contributed by atoms with Crippen molar-refractivity contribution in [2.24, 2.45) is 0 Å². The van der Waals surface area contributed by atoms with E-state index in [0.717, 1.165) is 5.56 Å². The minimum atomic E-state index is -0.443. The first-order chi connectivity index (χ1) is 9.72. The molecule has 0 aliphatic carbocycles. The van der Waals surface area contributed by atoms with Crippen LogP contribution in [0.5, 0.6) is 11.6 Å². The maximum atomic E-state index is 11.4. The molecule has 0 bridgehead atoms. The molecule has 2 rings (SSSR count). The van der Waals surface area contributed by atoms with Crippen molar-refractivity contribution in [1.82, 2.24) is 4.98 Å². The molecule has 0 fully saturated rings. The number of hydrogen-bond acceptors (Lipinski definition) is 5. The molecule has 1 aromatic carbocycles. The summed E-state index contributed by atoms with van der Waals surface area (Å²) in [6.45, 7) is 0. The van der Waals surface area contributed by atoms with Gasteiger partial charge in [0.25, 0.3) is 0 Å². The number of benzene rings is 1. The van der Waals surface area contributed by atoms with Crippen LogP contribution in [0.15, 0.2) is 42.6 Å². The summed E-state index contributed by atoms with van der Waals surface area (Å²) in [5.41, 5.74) is 1.29. The molecule has 0 atom stereocenters. The number of methoxy groups -OCH3 is 1. The third-order valence-electron chi connectivity index (χ3n) is 2.58. The third kappa shape index (κ3) is 3.33. The first-order valence-electron chi connectivity index (χ1n) is 5.91. The largest absolute Gasteiger partial charge is 0.465 e. The zero-order valence-electron chi connectivity index (χ0n) is 10.9. The van der Waals surface area contributed by atoms with Gasteiger partial charge in [-0.2, -0.15) is 5.26 Å². The minimum Gasteiger partial charge on any atom is -0.465 e. The molecule has 0 spiro atoms. The average Bonchev–Trinajstić information content (AvgIpc) is 2.49. The number of carbonyl (C=O) groups excluding carboxylic acids is 1. The van der Waals surface area contributed by atoms with Crippen molar-refractivity contribution >= 4 is 5.97 Å². The Morgan fingerprint density at radius 1 is 1.30 bits per heavy atom. The number of aromatic nitrogens is 1. The Morgan fingerprint density at radius 3 is 2.70 bits per heavy atom. The van der Waals surface area contributed by atoms with Crippen molar-refractivity contribution in [2.45, 2.75) is 6.42 Å². The Balaban J connectivity index is 2.13. The van der Waals surface area contributed by atoms with Crippen LogP contribution in [0.2, 0.25) is 0 Å². The normalized spacial score (nSPS) is 9.60. The predicted molar refractivity (Wildman–Crippen MR) is 71.4 cm³/mol. The lowest BCUT2D eigenvalue weighted by atomic mass is 10.2. The zero-order valence-corrected chi connectivity index (χ0v) is 10.9. The van der Waals surface area contributed by atoms with Crippen LogP contribution in [0.25, 0.3) is 0 Å². The average molecular weight is 268 g/mol. The molecule has 1 aromatic heterocycles. The minimum absolute atomic E-state index is 0.306. The molecule has 0 radical (unpaired) electrons. The molecule has 1 heterocycles. The van der Waals surface area contributed by atoms with Gasteiger partial charge in [-0.25, -0.2) is 9.78 Å². The topological polar surface area (TPSA) is 72.2 Å². The van der Waals surface area contributed by atoms with E-state index in [9.17, 15) is 4.79 Å². The van der Waals surface area contributed by atoms with Crippen molar-refractivity contribution in [3.8, 4) is 17.7 Å². The number of hydrogen-bond donors (Lipinski definition) is 0. The lowest BCUT2D eigenvalue weighted by Crippen LogP contribution is -2.01.